The first-order chi connectivity index (χ1) is 8.92. The highest BCUT2D eigenvalue weighted by Crippen LogP contribution is 2.24. The van der Waals surface area contributed by atoms with Crippen molar-refractivity contribution in [3.63, 3.8) is 0 Å². The molecule has 1 unspecified atom stereocenters. The molecule has 0 radical (unpaired) electrons. The lowest BCUT2D eigenvalue weighted by molar-refractivity contribution is -0.145. The largest absolute Gasteiger partial charge is 0.488 e. The van der Waals surface area contributed by atoms with Gasteiger partial charge >= 0.3 is 5.97 Å². The number of halogens is 2. The SMILES string of the molecule is CC(COc1cccc(F)c1F)(NC1CC1)C(=O)O. The van der Waals surface area contributed by atoms with Gasteiger partial charge in [0.15, 0.2) is 11.6 Å². The van der Waals surface area contributed by atoms with Crippen LogP contribution in [0.3, 0.4) is 0 Å². The van der Waals surface area contributed by atoms with E-state index in [-0.39, 0.29) is 18.4 Å². The van der Waals surface area contributed by atoms with Crippen LogP contribution < -0.4 is 10.1 Å². The highest BCUT2D eigenvalue weighted by Gasteiger charge is 2.39. The van der Waals surface area contributed by atoms with Crippen LogP contribution in [0.5, 0.6) is 5.75 Å². The van der Waals surface area contributed by atoms with E-state index >= 15 is 0 Å². The van der Waals surface area contributed by atoms with E-state index in [0.29, 0.717) is 0 Å². The van der Waals surface area contributed by atoms with Gasteiger partial charge < -0.3 is 9.84 Å². The van der Waals surface area contributed by atoms with Crippen LogP contribution in [-0.4, -0.2) is 29.3 Å². The van der Waals surface area contributed by atoms with Crippen LogP contribution >= 0.6 is 0 Å². The molecule has 0 amide bonds. The van der Waals surface area contributed by atoms with Crippen molar-refractivity contribution in [2.24, 2.45) is 0 Å². The standard InChI is InChI=1S/C13H15F2NO3/c1-13(12(17)18,16-8-5-6-8)7-19-10-4-2-3-9(14)11(10)15/h2-4,8,16H,5-7H2,1H3,(H,17,18). The minimum Gasteiger partial charge on any atom is -0.488 e. The fourth-order valence-electron chi connectivity index (χ4n) is 1.66. The van der Waals surface area contributed by atoms with E-state index in [1.54, 1.807) is 0 Å². The summed E-state index contributed by atoms with van der Waals surface area (Å²) in [6.45, 7) is 1.18. The molecule has 1 fully saturated rings. The van der Waals surface area contributed by atoms with Gasteiger partial charge in [-0.3, -0.25) is 10.1 Å². The van der Waals surface area contributed by atoms with Gasteiger partial charge in [0.1, 0.15) is 12.1 Å². The van der Waals surface area contributed by atoms with Gasteiger partial charge in [-0.05, 0) is 31.9 Å². The minimum atomic E-state index is -1.32. The summed E-state index contributed by atoms with van der Waals surface area (Å²) in [4.78, 5) is 11.2. The van der Waals surface area contributed by atoms with Gasteiger partial charge in [0.25, 0.3) is 0 Å². The van der Waals surface area contributed by atoms with Crippen molar-refractivity contribution in [3.8, 4) is 5.75 Å². The number of carboxylic acids is 1. The van der Waals surface area contributed by atoms with Crippen LogP contribution in [-0.2, 0) is 4.79 Å². The molecule has 0 spiro atoms. The molecule has 1 atom stereocenters. The van der Waals surface area contributed by atoms with Crippen molar-refractivity contribution in [1.82, 2.24) is 5.32 Å². The third-order valence-corrected chi connectivity index (χ3v) is 3.00. The predicted octanol–water partition coefficient (Wildman–Crippen LogP) is 1.94. The summed E-state index contributed by atoms with van der Waals surface area (Å²) in [5, 5.41) is 12.1. The molecule has 0 bridgehead atoms. The average Bonchev–Trinajstić information content (AvgIpc) is 3.15. The Bertz CT molecular complexity index is 491. The topological polar surface area (TPSA) is 58.6 Å². The summed E-state index contributed by atoms with van der Waals surface area (Å²) in [5.74, 6) is -3.51. The molecule has 6 heteroatoms. The van der Waals surface area contributed by atoms with Crippen LogP contribution in [0.25, 0.3) is 0 Å². The maximum absolute atomic E-state index is 13.4. The zero-order valence-electron chi connectivity index (χ0n) is 10.5. The van der Waals surface area contributed by atoms with Crippen LogP contribution in [0.15, 0.2) is 18.2 Å². The minimum absolute atomic E-state index is 0.155. The summed E-state index contributed by atoms with van der Waals surface area (Å²) >= 11 is 0. The summed E-state index contributed by atoms with van der Waals surface area (Å²) in [7, 11) is 0. The smallest absolute Gasteiger partial charge is 0.327 e. The molecule has 104 valence electrons. The Hall–Kier alpha value is -1.69. The molecular weight excluding hydrogens is 256 g/mol. The van der Waals surface area contributed by atoms with Gasteiger partial charge in [0, 0.05) is 6.04 Å². The molecule has 1 aromatic rings. The van der Waals surface area contributed by atoms with Crippen molar-refractivity contribution in [3.05, 3.63) is 29.8 Å². The molecule has 0 aromatic heterocycles. The Morgan fingerprint density at radius 1 is 1.53 bits per heavy atom. The first kappa shape index (κ1) is 13.7. The summed E-state index contributed by atoms with van der Waals surface area (Å²) < 4.78 is 31.5. The number of hydrogen-bond donors (Lipinski definition) is 2. The molecule has 1 aromatic carbocycles. The summed E-state index contributed by atoms with van der Waals surface area (Å²) in [6, 6.07) is 3.70. The molecule has 0 saturated heterocycles. The fourth-order valence-corrected chi connectivity index (χ4v) is 1.66. The molecule has 1 saturated carbocycles. The Morgan fingerprint density at radius 3 is 2.79 bits per heavy atom. The van der Waals surface area contributed by atoms with E-state index in [1.807, 2.05) is 0 Å². The maximum atomic E-state index is 13.4. The highest BCUT2D eigenvalue weighted by molar-refractivity contribution is 5.78. The average molecular weight is 271 g/mol. The molecule has 1 aliphatic rings. The predicted molar refractivity (Wildman–Crippen MR) is 64.1 cm³/mol. The number of ether oxygens (including phenoxy) is 1. The molecule has 2 rings (SSSR count). The van der Waals surface area contributed by atoms with E-state index in [4.69, 9.17) is 4.74 Å². The molecule has 19 heavy (non-hydrogen) atoms. The van der Waals surface area contributed by atoms with Crippen molar-refractivity contribution in [2.75, 3.05) is 6.61 Å². The fraction of sp³-hybridized carbons (Fsp3) is 0.462. The van der Waals surface area contributed by atoms with Crippen molar-refractivity contribution >= 4 is 5.97 Å². The number of carboxylic acid groups (broad SMARTS) is 1. The first-order valence-corrected chi connectivity index (χ1v) is 6.00. The van der Waals surface area contributed by atoms with E-state index < -0.39 is 23.1 Å². The number of nitrogens with one attached hydrogen (secondary N) is 1. The Balaban J connectivity index is 2.05. The Labute approximate surface area is 109 Å². The van der Waals surface area contributed by atoms with Crippen LogP contribution in [0.1, 0.15) is 19.8 Å². The number of carbonyl (C=O) groups is 1. The molecule has 2 N–H and O–H groups in total. The highest BCUT2D eigenvalue weighted by atomic mass is 19.2. The maximum Gasteiger partial charge on any atom is 0.327 e. The summed E-state index contributed by atoms with van der Waals surface area (Å²) in [6.07, 6.45) is 1.83. The lowest BCUT2D eigenvalue weighted by atomic mass is 10.0. The molecule has 4 nitrogen and oxygen atoms in total. The normalized spacial score (nSPS) is 17.8. The van der Waals surface area contributed by atoms with Crippen LogP contribution in [0, 0.1) is 11.6 Å². The zero-order chi connectivity index (χ0) is 14.0. The lowest BCUT2D eigenvalue weighted by Gasteiger charge is -2.26. The number of hydrogen-bond acceptors (Lipinski definition) is 3. The van der Waals surface area contributed by atoms with Gasteiger partial charge in [0.2, 0.25) is 5.82 Å². The van der Waals surface area contributed by atoms with Crippen LogP contribution in [0.4, 0.5) is 8.78 Å². The van der Waals surface area contributed by atoms with Gasteiger partial charge in [0.05, 0.1) is 0 Å². The molecule has 0 heterocycles. The van der Waals surface area contributed by atoms with Crippen molar-refractivity contribution < 1.29 is 23.4 Å². The van der Waals surface area contributed by atoms with Gasteiger partial charge in [-0.1, -0.05) is 6.07 Å². The zero-order valence-corrected chi connectivity index (χ0v) is 10.5. The van der Waals surface area contributed by atoms with Crippen molar-refractivity contribution in [2.45, 2.75) is 31.3 Å². The second-order valence-corrected chi connectivity index (χ2v) is 4.90. The molecule has 1 aliphatic carbocycles. The Kier molecular flexibility index (Phi) is 3.71. The second kappa shape index (κ2) is 5.13. The third-order valence-electron chi connectivity index (χ3n) is 3.00. The number of benzene rings is 1. The van der Waals surface area contributed by atoms with E-state index in [9.17, 15) is 18.7 Å². The Morgan fingerprint density at radius 2 is 2.21 bits per heavy atom. The number of rotatable bonds is 6. The third kappa shape index (κ3) is 3.20. The van der Waals surface area contributed by atoms with Crippen LogP contribution in [0.2, 0.25) is 0 Å². The quantitative estimate of drug-likeness (QED) is 0.830. The van der Waals surface area contributed by atoms with Gasteiger partial charge in [-0.15, -0.1) is 0 Å². The first-order valence-electron chi connectivity index (χ1n) is 6.00. The monoisotopic (exact) mass is 271 g/mol. The lowest BCUT2D eigenvalue weighted by Crippen LogP contribution is -2.54. The van der Waals surface area contributed by atoms with E-state index in [0.717, 1.165) is 18.9 Å². The van der Waals surface area contributed by atoms with E-state index in [2.05, 4.69) is 5.32 Å². The van der Waals surface area contributed by atoms with E-state index in [1.165, 1.54) is 19.1 Å². The molecular formula is C13H15F2NO3. The second-order valence-electron chi connectivity index (χ2n) is 4.90. The number of aliphatic carboxylic acids is 1. The van der Waals surface area contributed by atoms with Gasteiger partial charge in [-0.2, -0.15) is 4.39 Å². The molecule has 0 aliphatic heterocycles. The van der Waals surface area contributed by atoms with Crippen molar-refractivity contribution in [1.29, 1.82) is 0 Å². The summed E-state index contributed by atoms with van der Waals surface area (Å²) in [5.41, 5.74) is -1.32. The van der Waals surface area contributed by atoms with Gasteiger partial charge in [-0.25, -0.2) is 4.39 Å².